The maximum absolute atomic E-state index is 12.2. The highest BCUT2D eigenvalue weighted by Crippen LogP contribution is 2.47. The maximum Gasteiger partial charge on any atom is 0.322 e. The number of rotatable bonds is 5. The Morgan fingerprint density at radius 3 is 2.88 bits per heavy atom. The van der Waals surface area contributed by atoms with Crippen molar-refractivity contribution in [1.29, 1.82) is 0 Å². The van der Waals surface area contributed by atoms with Crippen molar-refractivity contribution in [3.05, 3.63) is 35.5 Å². The highest BCUT2D eigenvalue weighted by atomic mass is 32.2. The number of thioether (sulfide) groups is 1. The van der Waals surface area contributed by atoms with Crippen LogP contribution >= 0.6 is 11.8 Å². The predicted octanol–water partition coefficient (Wildman–Crippen LogP) is -0.208. The third kappa shape index (κ3) is 3.20. The summed E-state index contributed by atoms with van der Waals surface area (Å²) in [6.07, 6.45) is 3.59. The lowest BCUT2D eigenvalue weighted by molar-refractivity contribution is -0.138. The number of amides is 2. The van der Waals surface area contributed by atoms with Gasteiger partial charge < -0.3 is 26.2 Å². The standard InChI is InChI=1S/C16H18N4O5S/c1-25-12-5-10-9(4-8(12)14(17)23)16(2-3-18-10)20-11(7-26-16)15(24)19-6-13(21)22/h2-5,11,18,20H,6-7H2,1H3,(H2,17,23)(H,19,24)(H,21,22). The molecule has 138 valence electrons. The molecule has 3 rings (SSSR count). The molecule has 2 heterocycles. The van der Waals surface area contributed by atoms with Gasteiger partial charge in [0.15, 0.2) is 0 Å². The Kier molecular flexibility index (Phi) is 4.79. The molecule has 1 fully saturated rings. The van der Waals surface area contributed by atoms with Crippen LogP contribution in [0.5, 0.6) is 5.75 Å². The Hall–Kier alpha value is -2.72. The number of nitrogens with two attached hydrogens (primary N) is 1. The van der Waals surface area contributed by atoms with Crippen molar-refractivity contribution in [2.45, 2.75) is 10.9 Å². The van der Waals surface area contributed by atoms with Crippen LogP contribution < -0.4 is 26.4 Å². The summed E-state index contributed by atoms with van der Waals surface area (Å²) in [6, 6.07) is 2.75. The smallest absolute Gasteiger partial charge is 0.322 e. The van der Waals surface area contributed by atoms with Crippen LogP contribution in [0.4, 0.5) is 5.69 Å². The number of hydrogen-bond donors (Lipinski definition) is 5. The molecule has 0 aromatic heterocycles. The van der Waals surface area contributed by atoms with Crippen molar-refractivity contribution >= 4 is 35.2 Å². The molecule has 26 heavy (non-hydrogen) atoms. The van der Waals surface area contributed by atoms with E-state index in [1.54, 1.807) is 18.3 Å². The summed E-state index contributed by atoms with van der Waals surface area (Å²) in [6.45, 7) is -0.439. The van der Waals surface area contributed by atoms with Gasteiger partial charge in [-0.2, -0.15) is 0 Å². The number of carboxylic acid groups (broad SMARTS) is 1. The number of ether oxygens (including phenoxy) is 1. The monoisotopic (exact) mass is 378 g/mol. The predicted molar refractivity (Wildman–Crippen MR) is 96.0 cm³/mol. The molecule has 6 N–H and O–H groups in total. The van der Waals surface area contributed by atoms with E-state index in [0.29, 0.717) is 11.5 Å². The van der Waals surface area contributed by atoms with E-state index in [-0.39, 0.29) is 5.56 Å². The van der Waals surface area contributed by atoms with Crippen LogP contribution in [0.3, 0.4) is 0 Å². The summed E-state index contributed by atoms with van der Waals surface area (Å²) in [7, 11) is 1.45. The molecular weight excluding hydrogens is 360 g/mol. The topological polar surface area (TPSA) is 143 Å². The van der Waals surface area contributed by atoms with Crippen molar-refractivity contribution in [1.82, 2.24) is 10.6 Å². The minimum atomic E-state index is -1.11. The Balaban J connectivity index is 1.91. The first-order valence-corrected chi connectivity index (χ1v) is 8.72. The van der Waals surface area contributed by atoms with Gasteiger partial charge in [-0.1, -0.05) is 0 Å². The molecule has 1 aromatic rings. The number of fused-ring (bicyclic) bond motifs is 2. The third-order valence-electron chi connectivity index (χ3n) is 4.16. The zero-order valence-corrected chi connectivity index (χ0v) is 14.7. The van der Waals surface area contributed by atoms with E-state index < -0.39 is 35.2 Å². The number of hydrogen-bond acceptors (Lipinski definition) is 7. The zero-order valence-electron chi connectivity index (χ0n) is 13.9. The summed E-state index contributed by atoms with van der Waals surface area (Å²) in [5.74, 6) is -1.33. The summed E-state index contributed by atoms with van der Waals surface area (Å²) >= 11 is 1.47. The van der Waals surface area contributed by atoms with Crippen molar-refractivity contribution < 1.29 is 24.2 Å². The van der Waals surface area contributed by atoms with Gasteiger partial charge in [-0.3, -0.25) is 19.7 Å². The van der Waals surface area contributed by atoms with E-state index in [1.807, 2.05) is 6.08 Å². The van der Waals surface area contributed by atoms with Crippen molar-refractivity contribution in [3.8, 4) is 5.75 Å². The van der Waals surface area contributed by atoms with Crippen LogP contribution in [-0.4, -0.2) is 48.3 Å². The summed E-state index contributed by atoms with van der Waals surface area (Å²) < 4.78 is 5.23. The van der Waals surface area contributed by atoms with Gasteiger partial charge >= 0.3 is 5.97 Å². The Bertz CT molecular complexity index is 812. The van der Waals surface area contributed by atoms with E-state index >= 15 is 0 Å². The fourth-order valence-electron chi connectivity index (χ4n) is 2.94. The number of primary amides is 1. The summed E-state index contributed by atoms with van der Waals surface area (Å²) in [5, 5.41) is 17.4. The van der Waals surface area contributed by atoms with Crippen LogP contribution in [0, 0.1) is 0 Å². The minimum Gasteiger partial charge on any atom is -0.496 e. The average Bonchev–Trinajstić information content (AvgIpc) is 3.03. The number of aliphatic carboxylic acids is 1. The second-order valence-corrected chi connectivity index (χ2v) is 7.06. The van der Waals surface area contributed by atoms with Gasteiger partial charge in [0.25, 0.3) is 5.91 Å². The summed E-state index contributed by atoms with van der Waals surface area (Å²) in [5.41, 5.74) is 7.16. The molecule has 0 aliphatic carbocycles. The van der Waals surface area contributed by atoms with E-state index in [9.17, 15) is 14.4 Å². The molecule has 2 aliphatic rings. The minimum absolute atomic E-state index is 0.240. The molecule has 2 aliphatic heterocycles. The molecule has 2 amide bonds. The zero-order chi connectivity index (χ0) is 18.9. The largest absolute Gasteiger partial charge is 0.496 e. The van der Waals surface area contributed by atoms with Crippen LogP contribution in [-0.2, 0) is 14.5 Å². The van der Waals surface area contributed by atoms with Crippen molar-refractivity contribution in [3.63, 3.8) is 0 Å². The van der Waals surface area contributed by atoms with Gasteiger partial charge in [-0.15, -0.1) is 11.8 Å². The van der Waals surface area contributed by atoms with Crippen molar-refractivity contribution in [2.75, 3.05) is 24.7 Å². The van der Waals surface area contributed by atoms with Gasteiger partial charge in [0.1, 0.15) is 17.2 Å². The van der Waals surface area contributed by atoms with Gasteiger partial charge in [0.2, 0.25) is 5.91 Å². The molecule has 0 bridgehead atoms. The number of nitrogens with one attached hydrogen (secondary N) is 3. The van der Waals surface area contributed by atoms with Gasteiger partial charge in [-0.25, -0.2) is 0 Å². The molecule has 1 aromatic carbocycles. The Labute approximate surface area is 153 Å². The number of anilines is 1. The highest BCUT2D eigenvalue weighted by molar-refractivity contribution is 8.00. The van der Waals surface area contributed by atoms with Gasteiger partial charge in [0.05, 0.1) is 18.7 Å². The van der Waals surface area contributed by atoms with E-state index in [1.165, 1.54) is 18.9 Å². The number of carboxylic acids is 1. The first-order valence-electron chi connectivity index (χ1n) is 7.74. The first kappa shape index (κ1) is 18.1. The number of methoxy groups -OCH3 is 1. The third-order valence-corrected chi connectivity index (χ3v) is 5.59. The fraction of sp³-hybridized carbons (Fsp3) is 0.312. The van der Waals surface area contributed by atoms with Gasteiger partial charge in [-0.05, 0) is 12.1 Å². The van der Waals surface area contributed by atoms with E-state index in [4.69, 9.17) is 15.6 Å². The van der Waals surface area contributed by atoms with E-state index in [2.05, 4.69) is 16.0 Å². The quantitative estimate of drug-likeness (QED) is 0.474. The van der Waals surface area contributed by atoms with Crippen molar-refractivity contribution in [2.24, 2.45) is 5.73 Å². The number of carbonyl (C=O) groups excluding carboxylic acids is 2. The van der Waals surface area contributed by atoms with Crippen LogP contribution in [0.1, 0.15) is 15.9 Å². The molecule has 1 saturated heterocycles. The van der Waals surface area contributed by atoms with Crippen LogP contribution in [0.2, 0.25) is 0 Å². The Morgan fingerprint density at radius 1 is 1.46 bits per heavy atom. The van der Waals surface area contributed by atoms with Crippen LogP contribution in [0.15, 0.2) is 24.4 Å². The molecule has 10 heteroatoms. The molecule has 9 nitrogen and oxygen atoms in total. The Morgan fingerprint density at radius 2 is 2.23 bits per heavy atom. The second kappa shape index (κ2) is 6.89. The van der Waals surface area contributed by atoms with Gasteiger partial charge in [0, 0.05) is 29.3 Å². The normalized spacial score (nSPS) is 23.2. The first-order chi connectivity index (χ1) is 12.4. The lowest BCUT2D eigenvalue weighted by Gasteiger charge is -2.32. The summed E-state index contributed by atoms with van der Waals surface area (Å²) in [4.78, 5) is 33.8. The fourth-order valence-corrected chi connectivity index (χ4v) is 4.32. The number of benzene rings is 1. The van der Waals surface area contributed by atoms with E-state index in [0.717, 1.165) is 11.3 Å². The lowest BCUT2D eigenvalue weighted by atomic mass is 9.97. The molecular formula is C16H18N4O5S. The SMILES string of the molecule is COc1cc2c(cc1C(N)=O)C1(C=CN2)NC(C(=O)NCC(=O)O)CS1. The molecule has 1 spiro atoms. The average molecular weight is 378 g/mol. The molecule has 0 radical (unpaired) electrons. The highest BCUT2D eigenvalue weighted by Gasteiger charge is 2.44. The molecule has 2 unspecified atom stereocenters. The molecule has 0 saturated carbocycles. The van der Waals surface area contributed by atoms with Crippen LogP contribution in [0.25, 0.3) is 0 Å². The number of carbonyl (C=O) groups is 3. The molecule has 2 atom stereocenters. The second-order valence-electron chi connectivity index (χ2n) is 5.80. The lowest BCUT2D eigenvalue weighted by Crippen LogP contribution is -2.48. The maximum atomic E-state index is 12.2.